The Bertz CT molecular complexity index is 845. The minimum atomic E-state index is 0.0639. The first kappa shape index (κ1) is 16.4. The van der Waals surface area contributed by atoms with Crippen molar-refractivity contribution in [1.82, 2.24) is 15.5 Å². The number of aromatic nitrogens is 2. The molecule has 0 radical (unpaired) electrons. The Hall–Kier alpha value is -3.08. The van der Waals surface area contributed by atoms with E-state index in [2.05, 4.69) is 27.6 Å². The van der Waals surface area contributed by atoms with Crippen LogP contribution in [0.15, 0.2) is 66.9 Å². The van der Waals surface area contributed by atoms with Crippen LogP contribution in [0.25, 0.3) is 0 Å². The zero-order valence-corrected chi connectivity index (χ0v) is 14.4. The van der Waals surface area contributed by atoms with E-state index in [1.165, 1.54) is 5.56 Å². The molecule has 0 saturated heterocycles. The van der Waals surface area contributed by atoms with Crippen LogP contribution in [0.3, 0.4) is 0 Å². The van der Waals surface area contributed by atoms with Crippen LogP contribution in [0.1, 0.15) is 29.2 Å². The monoisotopic (exact) mass is 347 g/mol. The minimum absolute atomic E-state index is 0.0639. The molecule has 1 aliphatic rings. The second-order valence-electron chi connectivity index (χ2n) is 6.59. The smallest absolute Gasteiger partial charge is 0.224 e. The Kier molecular flexibility index (Phi) is 4.69. The largest absolute Gasteiger partial charge is 0.489 e. The first-order valence-electron chi connectivity index (χ1n) is 8.82. The fourth-order valence-electron chi connectivity index (χ4n) is 3.10. The first-order chi connectivity index (χ1) is 12.8. The van der Waals surface area contributed by atoms with Gasteiger partial charge in [-0.1, -0.05) is 42.5 Å². The quantitative estimate of drug-likeness (QED) is 0.688. The highest BCUT2D eigenvalue weighted by Crippen LogP contribution is 2.47. The van der Waals surface area contributed by atoms with Crippen LogP contribution in [-0.2, 0) is 17.9 Å². The number of hydrogen-bond acceptors (Lipinski definition) is 3. The van der Waals surface area contributed by atoms with Crippen molar-refractivity contribution < 1.29 is 9.53 Å². The number of carbonyl (C=O) groups excluding carboxylic acids is 1. The molecule has 2 atom stereocenters. The van der Waals surface area contributed by atoms with Crippen molar-refractivity contribution in [3.05, 3.63) is 83.7 Å². The van der Waals surface area contributed by atoms with E-state index in [9.17, 15) is 4.79 Å². The summed E-state index contributed by atoms with van der Waals surface area (Å²) in [6.45, 7) is 1.05. The normalized spacial score (nSPS) is 18.3. The number of carbonyl (C=O) groups is 1. The Morgan fingerprint density at radius 1 is 1.12 bits per heavy atom. The van der Waals surface area contributed by atoms with Gasteiger partial charge < -0.3 is 10.1 Å². The van der Waals surface area contributed by atoms with E-state index in [1.54, 1.807) is 6.20 Å². The van der Waals surface area contributed by atoms with Gasteiger partial charge in [0.2, 0.25) is 5.91 Å². The van der Waals surface area contributed by atoms with Gasteiger partial charge in [0.15, 0.2) is 0 Å². The topological polar surface area (TPSA) is 67.0 Å². The zero-order chi connectivity index (χ0) is 17.8. The van der Waals surface area contributed by atoms with Crippen molar-refractivity contribution in [2.24, 2.45) is 5.92 Å². The molecule has 2 N–H and O–H groups in total. The summed E-state index contributed by atoms with van der Waals surface area (Å²) in [6.07, 6.45) is 2.59. The van der Waals surface area contributed by atoms with Crippen LogP contribution < -0.4 is 10.1 Å². The van der Waals surface area contributed by atoms with E-state index in [4.69, 9.17) is 4.74 Å². The average Bonchev–Trinajstić information content (AvgIpc) is 3.32. The molecule has 0 spiro atoms. The molecule has 26 heavy (non-hydrogen) atoms. The maximum absolute atomic E-state index is 12.2. The summed E-state index contributed by atoms with van der Waals surface area (Å²) in [5, 5.41) is 9.69. The molecule has 1 amide bonds. The third kappa shape index (κ3) is 3.94. The van der Waals surface area contributed by atoms with Crippen LogP contribution in [0.2, 0.25) is 0 Å². The van der Waals surface area contributed by atoms with Gasteiger partial charge >= 0.3 is 0 Å². The summed E-state index contributed by atoms with van der Waals surface area (Å²) < 4.78 is 5.81. The van der Waals surface area contributed by atoms with Gasteiger partial charge in [-0.25, -0.2) is 0 Å². The molecule has 0 bridgehead atoms. The number of rotatable bonds is 7. The molecule has 5 nitrogen and oxygen atoms in total. The fraction of sp³-hybridized carbons (Fsp3) is 0.238. The van der Waals surface area contributed by atoms with Gasteiger partial charge in [0.25, 0.3) is 0 Å². The van der Waals surface area contributed by atoms with Crippen LogP contribution in [-0.4, -0.2) is 16.1 Å². The maximum Gasteiger partial charge on any atom is 0.224 e. The van der Waals surface area contributed by atoms with Gasteiger partial charge in [-0.15, -0.1) is 0 Å². The molecule has 1 saturated carbocycles. The molecule has 1 heterocycles. The molecule has 132 valence electrons. The molecule has 4 rings (SSSR count). The molecule has 3 aromatic rings. The predicted octanol–water partition coefficient (Wildman–Crippen LogP) is 3.41. The van der Waals surface area contributed by atoms with Gasteiger partial charge in [0, 0.05) is 12.1 Å². The lowest BCUT2D eigenvalue weighted by molar-refractivity contribution is -0.122. The van der Waals surface area contributed by atoms with Crippen LogP contribution in [0.5, 0.6) is 5.75 Å². The third-order valence-corrected chi connectivity index (χ3v) is 4.70. The number of nitrogens with one attached hydrogen (secondary N) is 2. The summed E-state index contributed by atoms with van der Waals surface area (Å²) in [5.41, 5.74) is 3.25. The Morgan fingerprint density at radius 3 is 2.65 bits per heavy atom. The third-order valence-electron chi connectivity index (χ3n) is 4.70. The van der Waals surface area contributed by atoms with Crippen molar-refractivity contribution in [3.8, 4) is 5.75 Å². The highest BCUT2D eigenvalue weighted by Gasteiger charge is 2.43. The van der Waals surface area contributed by atoms with Crippen LogP contribution in [0, 0.1) is 5.92 Å². The number of amides is 1. The van der Waals surface area contributed by atoms with Crippen molar-refractivity contribution in [3.63, 3.8) is 0 Å². The van der Waals surface area contributed by atoms with Crippen molar-refractivity contribution in [1.29, 1.82) is 0 Å². The summed E-state index contributed by atoms with van der Waals surface area (Å²) in [5.74, 6) is 1.32. The molecule has 2 aromatic carbocycles. The molecule has 1 aliphatic carbocycles. The van der Waals surface area contributed by atoms with E-state index in [1.807, 2.05) is 48.5 Å². The first-order valence-corrected chi connectivity index (χ1v) is 8.82. The molecule has 1 fully saturated rings. The second-order valence-corrected chi connectivity index (χ2v) is 6.59. The predicted molar refractivity (Wildman–Crippen MR) is 98.5 cm³/mol. The summed E-state index contributed by atoms with van der Waals surface area (Å²) in [6, 6.07) is 20.1. The molecule has 5 heteroatoms. The van der Waals surface area contributed by atoms with E-state index < -0.39 is 0 Å². The molecular formula is C21H21N3O2. The summed E-state index contributed by atoms with van der Waals surface area (Å²) in [4.78, 5) is 12.2. The van der Waals surface area contributed by atoms with E-state index >= 15 is 0 Å². The minimum Gasteiger partial charge on any atom is -0.489 e. The second kappa shape index (κ2) is 7.44. The molecule has 1 aromatic heterocycles. The van der Waals surface area contributed by atoms with E-state index in [-0.39, 0.29) is 11.8 Å². The van der Waals surface area contributed by atoms with Gasteiger partial charge in [0.05, 0.1) is 12.2 Å². The van der Waals surface area contributed by atoms with Gasteiger partial charge in [-0.2, -0.15) is 5.10 Å². The fourth-order valence-corrected chi connectivity index (χ4v) is 3.10. The number of aromatic amines is 1. The van der Waals surface area contributed by atoms with Gasteiger partial charge in [0.1, 0.15) is 12.4 Å². The number of hydrogen-bond donors (Lipinski definition) is 2. The molecule has 0 aliphatic heterocycles. The Balaban J connectivity index is 1.27. The Morgan fingerprint density at radius 2 is 1.92 bits per heavy atom. The Labute approximate surface area is 152 Å². The van der Waals surface area contributed by atoms with Gasteiger partial charge in [-0.3, -0.25) is 9.89 Å². The van der Waals surface area contributed by atoms with Crippen molar-refractivity contribution >= 4 is 5.91 Å². The lowest BCUT2D eigenvalue weighted by Crippen LogP contribution is -2.25. The molecular weight excluding hydrogens is 326 g/mol. The number of H-pyrrole nitrogens is 1. The zero-order valence-electron chi connectivity index (χ0n) is 14.4. The maximum atomic E-state index is 12.2. The number of ether oxygens (including phenoxy) is 1. The lowest BCUT2D eigenvalue weighted by atomic mass is 10.1. The summed E-state index contributed by atoms with van der Waals surface area (Å²) >= 11 is 0. The van der Waals surface area contributed by atoms with Crippen molar-refractivity contribution in [2.75, 3.05) is 0 Å². The molecule has 2 unspecified atom stereocenters. The van der Waals surface area contributed by atoms with E-state index in [0.29, 0.717) is 19.1 Å². The highest BCUT2D eigenvalue weighted by atomic mass is 16.5. The SMILES string of the molecule is O=C(NCc1ccn[nH]1)C1CC1c1ccc(OCc2ccccc2)cc1. The van der Waals surface area contributed by atoms with Crippen molar-refractivity contribution in [2.45, 2.75) is 25.5 Å². The van der Waals surface area contributed by atoms with Crippen LogP contribution in [0.4, 0.5) is 0 Å². The number of benzene rings is 2. The highest BCUT2D eigenvalue weighted by molar-refractivity contribution is 5.82. The lowest BCUT2D eigenvalue weighted by Gasteiger charge is -2.07. The van der Waals surface area contributed by atoms with Crippen LogP contribution >= 0.6 is 0 Å². The van der Waals surface area contributed by atoms with Gasteiger partial charge in [-0.05, 0) is 41.7 Å². The van der Waals surface area contributed by atoms with E-state index in [0.717, 1.165) is 23.4 Å². The summed E-state index contributed by atoms with van der Waals surface area (Å²) in [7, 11) is 0. The average molecular weight is 347 g/mol. The standard InChI is InChI=1S/C21H21N3O2/c25-21(22-13-17-10-11-23-24-17)20-12-19(20)16-6-8-18(9-7-16)26-14-15-4-2-1-3-5-15/h1-11,19-20H,12-14H2,(H,22,25)(H,23,24). The number of nitrogens with zero attached hydrogens (tertiary/aromatic N) is 1.